The predicted octanol–water partition coefficient (Wildman–Crippen LogP) is 4.71. The van der Waals surface area contributed by atoms with Gasteiger partial charge in [-0.1, -0.05) is 42.5 Å². The highest BCUT2D eigenvalue weighted by molar-refractivity contribution is 7.13. The monoisotopic (exact) mass is 339 g/mol. The lowest BCUT2D eigenvalue weighted by molar-refractivity contribution is -0.139. The van der Waals surface area contributed by atoms with Crippen molar-refractivity contribution in [1.29, 1.82) is 0 Å². The SMILES string of the molecule is O=C(/C=C/c1ccc(F)cc1)OCc1csc(-c2ccccc2)n1. The topological polar surface area (TPSA) is 39.2 Å². The maximum Gasteiger partial charge on any atom is 0.331 e. The molecule has 3 aromatic rings. The Labute approximate surface area is 143 Å². The van der Waals surface area contributed by atoms with Gasteiger partial charge in [-0.25, -0.2) is 14.2 Å². The van der Waals surface area contributed by atoms with E-state index in [2.05, 4.69) is 4.98 Å². The molecule has 0 aliphatic heterocycles. The molecular weight excluding hydrogens is 325 g/mol. The fourth-order valence-corrected chi connectivity index (χ4v) is 2.83. The Kier molecular flexibility index (Phi) is 5.13. The zero-order chi connectivity index (χ0) is 16.8. The molecular formula is C19H14FNO2S. The predicted molar refractivity (Wildman–Crippen MR) is 92.8 cm³/mol. The van der Waals surface area contributed by atoms with E-state index in [9.17, 15) is 9.18 Å². The molecule has 0 N–H and O–H groups in total. The summed E-state index contributed by atoms with van der Waals surface area (Å²) in [4.78, 5) is 16.2. The molecule has 0 fully saturated rings. The molecule has 0 aliphatic carbocycles. The average molecular weight is 339 g/mol. The molecule has 1 aromatic heterocycles. The van der Waals surface area contributed by atoms with Crippen molar-refractivity contribution in [2.75, 3.05) is 0 Å². The van der Waals surface area contributed by atoms with E-state index >= 15 is 0 Å². The lowest BCUT2D eigenvalue weighted by Crippen LogP contribution is -2.00. The molecule has 120 valence electrons. The minimum atomic E-state index is -0.464. The zero-order valence-electron chi connectivity index (χ0n) is 12.7. The van der Waals surface area contributed by atoms with Gasteiger partial charge in [-0.2, -0.15) is 0 Å². The van der Waals surface area contributed by atoms with Gasteiger partial charge in [0.25, 0.3) is 0 Å². The van der Waals surface area contributed by atoms with E-state index < -0.39 is 5.97 Å². The molecule has 2 aromatic carbocycles. The number of rotatable bonds is 5. The highest BCUT2D eigenvalue weighted by Gasteiger charge is 2.06. The molecule has 3 rings (SSSR count). The Morgan fingerprint density at radius 3 is 2.62 bits per heavy atom. The number of benzene rings is 2. The minimum Gasteiger partial charge on any atom is -0.456 e. The summed E-state index contributed by atoms with van der Waals surface area (Å²) in [5.41, 5.74) is 2.48. The normalized spacial score (nSPS) is 10.9. The second-order valence-electron chi connectivity index (χ2n) is 5.00. The number of hydrogen-bond acceptors (Lipinski definition) is 4. The molecule has 0 bridgehead atoms. The van der Waals surface area contributed by atoms with Gasteiger partial charge in [0.15, 0.2) is 0 Å². The fourth-order valence-electron chi connectivity index (χ4n) is 2.02. The van der Waals surface area contributed by atoms with E-state index in [-0.39, 0.29) is 12.4 Å². The number of ether oxygens (including phenoxy) is 1. The van der Waals surface area contributed by atoms with Crippen molar-refractivity contribution in [1.82, 2.24) is 4.98 Å². The zero-order valence-corrected chi connectivity index (χ0v) is 13.5. The van der Waals surface area contributed by atoms with Crippen molar-refractivity contribution in [3.63, 3.8) is 0 Å². The molecule has 0 saturated carbocycles. The van der Waals surface area contributed by atoms with Crippen molar-refractivity contribution in [3.05, 3.63) is 83.1 Å². The highest BCUT2D eigenvalue weighted by atomic mass is 32.1. The Hall–Kier alpha value is -2.79. The maximum atomic E-state index is 12.8. The van der Waals surface area contributed by atoms with Gasteiger partial charge in [0, 0.05) is 17.0 Å². The largest absolute Gasteiger partial charge is 0.456 e. The summed E-state index contributed by atoms with van der Waals surface area (Å²) in [6.45, 7) is 0.121. The van der Waals surface area contributed by atoms with Crippen molar-refractivity contribution in [2.24, 2.45) is 0 Å². The summed E-state index contributed by atoms with van der Waals surface area (Å²) in [5.74, 6) is -0.777. The number of nitrogens with zero attached hydrogens (tertiary/aromatic N) is 1. The first-order valence-corrected chi connectivity index (χ1v) is 8.19. The number of hydrogen-bond donors (Lipinski definition) is 0. The Morgan fingerprint density at radius 1 is 1.12 bits per heavy atom. The quantitative estimate of drug-likeness (QED) is 0.499. The maximum absolute atomic E-state index is 12.8. The van der Waals surface area contributed by atoms with Crippen molar-refractivity contribution < 1.29 is 13.9 Å². The molecule has 0 spiro atoms. The molecule has 0 saturated heterocycles. The van der Waals surface area contributed by atoms with E-state index in [0.29, 0.717) is 5.69 Å². The molecule has 0 atom stereocenters. The van der Waals surface area contributed by atoms with Crippen molar-refractivity contribution in [2.45, 2.75) is 6.61 Å². The third-order valence-corrected chi connectivity index (χ3v) is 4.16. The summed E-state index contributed by atoms with van der Waals surface area (Å²) < 4.78 is 18.0. The number of aromatic nitrogens is 1. The van der Waals surface area contributed by atoms with Crippen LogP contribution >= 0.6 is 11.3 Å². The first-order chi connectivity index (χ1) is 11.7. The summed E-state index contributed by atoms with van der Waals surface area (Å²) in [6.07, 6.45) is 2.90. The lowest BCUT2D eigenvalue weighted by atomic mass is 10.2. The van der Waals surface area contributed by atoms with E-state index in [4.69, 9.17) is 4.74 Å². The van der Waals surface area contributed by atoms with Crippen LogP contribution in [0, 0.1) is 5.82 Å². The van der Waals surface area contributed by atoms with Gasteiger partial charge < -0.3 is 4.74 Å². The van der Waals surface area contributed by atoms with Crippen LogP contribution in [-0.2, 0) is 16.1 Å². The van der Waals surface area contributed by atoms with Gasteiger partial charge in [0.1, 0.15) is 17.4 Å². The van der Waals surface area contributed by atoms with Crippen LogP contribution in [0.4, 0.5) is 4.39 Å². The highest BCUT2D eigenvalue weighted by Crippen LogP contribution is 2.23. The number of esters is 1. The molecule has 3 nitrogen and oxygen atoms in total. The molecule has 24 heavy (non-hydrogen) atoms. The van der Waals surface area contributed by atoms with Gasteiger partial charge in [-0.05, 0) is 23.8 Å². The second-order valence-corrected chi connectivity index (χ2v) is 5.86. The lowest BCUT2D eigenvalue weighted by Gasteiger charge is -1.99. The number of thiazole rings is 1. The average Bonchev–Trinajstić information content (AvgIpc) is 3.09. The Morgan fingerprint density at radius 2 is 1.88 bits per heavy atom. The van der Waals surface area contributed by atoms with Crippen LogP contribution in [0.1, 0.15) is 11.3 Å². The Balaban J connectivity index is 1.55. The standard InChI is InChI=1S/C19H14FNO2S/c20-16-9-6-14(7-10-16)8-11-18(22)23-12-17-13-24-19(21-17)15-4-2-1-3-5-15/h1-11,13H,12H2/b11-8+. The first-order valence-electron chi connectivity index (χ1n) is 7.31. The molecule has 5 heteroatoms. The van der Waals surface area contributed by atoms with Gasteiger partial charge in [-0.3, -0.25) is 0 Å². The summed E-state index contributed by atoms with van der Waals surface area (Å²) in [6, 6.07) is 15.7. The van der Waals surface area contributed by atoms with Crippen LogP contribution in [0.5, 0.6) is 0 Å². The van der Waals surface area contributed by atoms with Gasteiger partial charge in [0.2, 0.25) is 0 Å². The molecule has 0 amide bonds. The minimum absolute atomic E-state index is 0.121. The van der Waals surface area contributed by atoms with E-state index in [0.717, 1.165) is 16.1 Å². The Bertz CT molecular complexity index is 841. The van der Waals surface area contributed by atoms with Crippen LogP contribution < -0.4 is 0 Å². The van der Waals surface area contributed by atoms with E-state index in [1.165, 1.54) is 29.5 Å². The molecule has 1 heterocycles. The first kappa shape index (κ1) is 16.1. The fraction of sp³-hybridized carbons (Fsp3) is 0.0526. The summed E-state index contributed by atoms with van der Waals surface area (Å²) in [7, 11) is 0. The third kappa shape index (κ3) is 4.36. The smallest absolute Gasteiger partial charge is 0.331 e. The van der Waals surface area contributed by atoms with Crippen LogP contribution in [0.2, 0.25) is 0 Å². The number of halogens is 1. The van der Waals surface area contributed by atoms with E-state index in [1.54, 1.807) is 18.2 Å². The molecule has 0 aliphatic rings. The van der Waals surface area contributed by atoms with Crippen molar-refractivity contribution in [3.8, 4) is 10.6 Å². The second kappa shape index (κ2) is 7.66. The summed E-state index contributed by atoms with van der Waals surface area (Å²) in [5, 5.41) is 2.77. The van der Waals surface area contributed by atoms with Crippen LogP contribution in [0.15, 0.2) is 66.1 Å². The van der Waals surface area contributed by atoms with Crippen LogP contribution in [0.25, 0.3) is 16.6 Å². The summed E-state index contributed by atoms with van der Waals surface area (Å²) >= 11 is 1.51. The molecule has 0 radical (unpaired) electrons. The number of carbonyl (C=O) groups excluding carboxylic acids is 1. The number of carbonyl (C=O) groups is 1. The van der Waals surface area contributed by atoms with Gasteiger partial charge >= 0.3 is 5.97 Å². The van der Waals surface area contributed by atoms with Crippen molar-refractivity contribution >= 4 is 23.4 Å². The van der Waals surface area contributed by atoms with E-state index in [1.807, 2.05) is 35.7 Å². The molecule has 0 unspecified atom stereocenters. The van der Waals surface area contributed by atoms with Gasteiger partial charge in [-0.15, -0.1) is 11.3 Å². The van der Waals surface area contributed by atoms with Crippen LogP contribution in [-0.4, -0.2) is 11.0 Å². The van der Waals surface area contributed by atoms with Crippen LogP contribution in [0.3, 0.4) is 0 Å². The van der Waals surface area contributed by atoms with Gasteiger partial charge in [0.05, 0.1) is 5.69 Å². The third-order valence-electron chi connectivity index (χ3n) is 3.22.